The van der Waals surface area contributed by atoms with Crippen molar-refractivity contribution < 1.29 is 0 Å². The average Bonchev–Trinajstić information content (AvgIpc) is 2.89. The summed E-state index contributed by atoms with van der Waals surface area (Å²) in [6.45, 7) is 3.61. The maximum Gasteiger partial charge on any atom is 0.0366 e. The largest absolute Gasteiger partial charge is 0.399 e. The van der Waals surface area contributed by atoms with Crippen LogP contribution in [0.25, 0.3) is 10.1 Å². The Bertz CT molecular complexity index is 498. The van der Waals surface area contributed by atoms with E-state index in [-0.39, 0.29) is 0 Å². The summed E-state index contributed by atoms with van der Waals surface area (Å²) in [5.74, 6) is 0. The molecule has 2 heterocycles. The molecule has 84 valence electrons. The Hall–Kier alpha value is -1.06. The van der Waals surface area contributed by atoms with Crippen LogP contribution in [-0.2, 0) is 6.54 Å². The molecule has 0 radical (unpaired) electrons. The van der Waals surface area contributed by atoms with Gasteiger partial charge in [0.25, 0.3) is 0 Å². The van der Waals surface area contributed by atoms with E-state index in [0.717, 1.165) is 12.2 Å². The third-order valence-electron chi connectivity index (χ3n) is 3.27. The summed E-state index contributed by atoms with van der Waals surface area (Å²) in [6, 6.07) is 6.24. The van der Waals surface area contributed by atoms with E-state index in [1.807, 2.05) is 6.07 Å². The Balaban J connectivity index is 1.91. The first-order chi connectivity index (χ1) is 7.83. The van der Waals surface area contributed by atoms with Gasteiger partial charge in [-0.2, -0.15) is 0 Å². The summed E-state index contributed by atoms with van der Waals surface area (Å²) in [5, 5.41) is 3.66. The van der Waals surface area contributed by atoms with E-state index in [4.69, 9.17) is 5.73 Å². The number of anilines is 1. The van der Waals surface area contributed by atoms with Crippen molar-refractivity contribution in [3.8, 4) is 0 Å². The van der Waals surface area contributed by atoms with Crippen LogP contribution in [0.2, 0.25) is 0 Å². The number of hydrogen-bond donors (Lipinski definition) is 1. The highest BCUT2D eigenvalue weighted by Gasteiger charge is 2.13. The molecule has 0 amide bonds. The molecule has 2 N–H and O–H groups in total. The van der Waals surface area contributed by atoms with Gasteiger partial charge in [0.05, 0.1) is 0 Å². The molecule has 3 heteroatoms. The van der Waals surface area contributed by atoms with Crippen LogP contribution in [0.4, 0.5) is 5.69 Å². The Kier molecular flexibility index (Phi) is 2.58. The molecular formula is C13H16N2S. The van der Waals surface area contributed by atoms with Crippen molar-refractivity contribution in [1.82, 2.24) is 4.90 Å². The van der Waals surface area contributed by atoms with Crippen molar-refractivity contribution in [3.63, 3.8) is 0 Å². The van der Waals surface area contributed by atoms with E-state index in [1.165, 1.54) is 41.6 Å². The standard InChI is InChI=1S/C13H16N2S/c14-11-3-4-12-10(9-16-13(12)7-11)8-15-5-1-2-6-15/h3-4,7,9H,1-2,5-6,8,14H2. The zero-order chi connectivity index (χ0) is 11.0. The molecule has 1 fully saturated rings. The van der Waals surface area contributed by atoms with Crippen LogP contribution in [-0.4, -0.2) is 18.0 Å². The van der Waals surface area contributed by atoms with Gasteiger partial charge in [-0.15, -0.1) is 11.3 Å². The third-order valence-corrected chi connectivity index (χ3v) is 4.27. The molecule has 3 rings (SSSR count). The second-order valence-corrected chi connectivity index (χ2v) is 5.41. The van der Waals surface area contributed by atoms with Gasteiger partial charge in [0, 0.05) is 16.9 Å². The molecule has 1 saturated heterocycles. The summed E-state index contributed by atoms with van der Waals surface area (Å²) in [5.41, 5.74) is 8.12. The highest BCUT2D eigenvalue weighted by atomic mass is 32.1. The van der Waals surface area contributed by atoms with Crippen molar-refractivity contribution in [1.29, 1.82) is 0 Å². The van der Waals surface area contributed by atoms with Gasteiger partial charge >= 0.3 is 0 Å². The van der Waals surface area contributed by atoms with Crippen LogP contribution in [0.1, 0.15) is 18.4 Å². The van der Waals surface area contributed by atoms with Crippen LogP contribution in [0.15, 0.2) is 23.6 Å². The van der Waals surface area contributed by atoms with E-state index in [9.17, 15) is 0 Å². The van der Waals surface area contributed by atoms with Crippen LogP contribution >= 0.6 is 11.3 Å². The smallest absolute Gasteiger partial charge is 0.0366 e. The minimum absolute atomic E-state index is 0.863. The summed E-state index contributed by atoms with van der Waals surface area (Å²) in [6.07, 6.45) is 2.71. The second-order valence-electron chi connectivity index (χ2n) is 4.50. The highest BCUT2D eigenvalue weighted by molar-refractivity contribution is 7.17. The Morgan fingerprint density at radius 3 is 2.88 bits per heavy atom. The molecule has 1 aromatic heterocycles. The molecule has 1 aliphatic rings. The molecule has 0 atom stereocenters. The summed E-state index contributed by atoms with van der Waals surface area (Å²) >= 11 is 1.80. The molecule has 16 heavy (non-hydrogen) atoms. The molecule has 0 aliphatic carbocycles. The number of benzene rings is 1. The number of likely N-dealkylation sites (tertiary alicyclic amines) is 1. The average molecular weight is 232 g/mol. The van der Waals surface area contributed by atoms with Gasteiger partial charge in [0.15, 0.2) is 0 Å². The quantitative estimate of drug-likeness (QED) is 0.806. The van der Waals surface area contributed by atoms with Gasteiger partial charge in [-0.25, -0.2) is 0 Å². The van der Waals surface area contributed by atoms with Crippen molar-refractivity contribution >= 4 is 27.1 Å². The van der Waals surface area contributed by atoms with Gasteiger partial charge in [-0.3, -0.25) is 4.90 Å². The summed E-state index contributed by atoms with van der Waals surface area (Å²) in [7, 11) is 0. The predicted octanol–water partition coefficient (Wildman–Crippen LogP) is 3.08. The Morgan fingerprint density at radius 1 is 1.25 bits per heavy atom. The molecule has 2 aromatic rings. The van der Waals surface area contributed by atoms with Gasteiger partial charge in [-0.1, -0.05) is 6.07 Å². The predicted molar refractivity (Wildman–Crippen MR) is 70.7 cm³/mol. The van der Waals surface area contributed by atoms with Crippen molar-refractivity contribution in [2.24, 2.45) is 0 Å². The SMILES string of the molecule is Nc1ccc2c(CN3CCCC3)csc2c1. The molecule has 0 unspecified atom stereocenters. The van der Waals surface area contributed by atoms with Crippen molar-refractivity contribution in [2.75, 3.05) is 18.8 Å². The molecule has 0 bridgehead atoms. The fraction of sp³-hybridized carbons (Fsp3) is 0.385. The van der Waals surface area contributed by atoms with Crippen LogP contribution in [0.5, 0.6) is 0 Å². The molecule has 2 nitrogen and oxygen atoms in total. The molecule has 0 saturated carbocycles. The van der Waals surface area contributed by atoms with E-state index in [0.29, 0.717) is 0 Å². The van der Waals surface area contributed by atoms with Crippen molar-refractivity contribution in [3.05, 3.63) is 29.1 Å². The summed E-state index contributed by atoms with van der Waals surface area (Å²) in [4.78, 5) is 2.54. The number of hydrogen-bond acceptors (Lipinski definition) is 3. The Morgan fingerprint density at radius 2 is 2.06 bits per heavy atom. The molecule has 0 spiro atoms. The van der Waals surface area contributed by atoms with Crippen LogP contribution in [0, 0.1) is 0 Å². The topological polar surface area (TPSA) is 29.3 Å². The van der Waals surface area contributed by atoms with Crippen LogP contribution in [0.3, 0.4) is 0 Å². The monoisotopic (exact) mass is 232 g/mol. The van der Waals surface area contributed by atoms with Gasteiger partial charge in [-0.05, 0) is 54.4 Å². The normalized spacial score (nSPS) is 17.2. The number of fused-ring (bicyclic) bond motifs is 1. The second kappa shape index (κ2) is 4.07. The fourth-order valence-electron chi connectivity index (χ4n) is 2.40. The number of rotatable bonds is 2. The lowest BCUT2D eigenvalue weighted by molar-refractivity contribution is 0.333. The molecule has 1 aliphatic heterocycles. The van der Waals surface area contributed by atoms with Gasteiger partial charge in [0.2, 0.25) is 0 Å². The minimum Gasteiger partial charge on any atom is -0.399 e. The zero-order valence-electron chi connectivity index (χ0n) is 9.28. The zero-order valence-corrected chi connectivity index (χ0v) is 10.1. The van der Waals surface area contributed by atoms with Crippen LogP contribution < -0.4 is 5.73 Å². The number of nitrogens with two attached hydrogens (primary N) is 1. The van der Waals surface area contributed by atoms with E-state index < -0.39 is 0 Å². The van der Waals surface area contributed by atoms with E-state index in [1.54, 1.807) is 11.3 Å². The lowest BCUT2D eigenvalue weighted by Gasteiger charge is -2.13. The first-order valence-corrected chi connectivity index (χ1v) is 6.69. The fourth-order valence-corrected chi connectivity index (χ4v) is 3.40. The lowest BCUT2D eigenvalue weighted by atomic mass is 10.1. The van der Waals surface area contributed by atoms with Gasteiger partial charge in [0.1, 0.15) is 0 Å². The maximum absolute atomic E-state index is 5.79. The Labute approximate surface area is 99.7 Å². The number of thiophene rings is 1. The van der Waals surface area contributed by atoms with Crippen molar-refractivity contribution in [2.45, 2.75) is 19.4 Å². The van der Waals surface area contributed by atoms with Gasteiger partial charge < -0.3 is 5.73 Å². The molecule has 1 aromatic carbocycles. The van der Waals surface area contributed by atoms with E-state index in [2.05, 4.69) is 22.4 Å². The first kappa shape index (κ1) is 10.1. The summed E-state index contributed by atoms with van der Waals surface area (Å²) < 4.78 is 1.31. The van der Waals surface area contributed by atoms with E-state index >= 15 is 0 Å². The maximum atomic E-state index is 5.79. The first-order valence-electron chi connectivity index (χ1n) is 5.81. The molecular weight excluding hydrogens is 216 g/mol. The highest BCUT2D eigenvalue weighted by Crippen LogP contribution is 2.29. The third kappa shape index (κ3) is 1.81. The number of nitrogens with zero attached hydrogens (tertiary/aromatic N) is 1. The lowest BCUT2D eigenvalue weighted by Crippen LogP contribution is -2.17. The minimum atomic E-state index is 0.863. The number of nitrogen functional groups attached to an aromatic ring is 1.